The molecule has 6 heteroatoms. The number of hydrogen-bond donors (Lipinski definition) is 0. The largest absolute Gasteiger partial charge is 0.416 e. The van der Waals surface area contributed by atoms with E-state index in [1.165, 1.54) is 12.1 Å². The summed E-state index contributed by atoms with van der Waals surface area (Å²) in [6, 6.07) is 4.20. The summed E-state index contributed by atoms with van der Waals surface area (Å²) in [5.41, 5.74) is -0.952. The van der Waals surface area contributed by atoms with Crippen molar-refractivity contribution in [1.82, 2.24) is 0 Å². The highest BCUT2D eigenvalue weighted by atomic mass is 19.4. The topological polar surface area (TPSA) is 35.5 Å². The van der Waals surface area contributed by atoms with Gasteiger partial charge in [0.05, 0.1) is 5.56 Å². The first-order chi connectivity index (χ1) is 8.90. The first-order valence-electron chi connectivity index (χ1n) is 5.84. The molecule has 1 aromatic rings. The molecule has 0 saturated carbocycles. The standard InChI is InChI=1S/C13H15F3O3/c1-3-18-12(19-4-2)11(17)9-6-5-7-10(8-9)13(14,15)16/h5-8,12H,3-4H2,1-2H3. The van der Waals surface area contributed by atoms with Crippen LogP contribution in [0.2, 0.25) is 0 Å². The van der Waals surface area contributed by atoms with Gasteiger partial charge in [-0.1, -0.05) is 12.1 Å². The van der Waals surface area contributed by atoms with E-state index in [0.29, 0.717) is 0 Å². The van der Waals surface area contributed by atoms with Gasteiger partial charge >= 0.3 is 6.18 Å². The molecule has 1 aromatic carbocycles. The molecule has 0 fully saturated rings. The third kappa shape index (κ3) is 4.33. The lowest BCUT2D eigenvalue weighted by atomic mass is 10.1. The van der Waals surface area contributed by atoms with Crippen LogP contribution < -0.4 is 0 Å². The fourth-order valence-corrected chi connectivity index (χ4v) is 1.49. The van der Waals surface area contributed by atoms with E-state index in [1.807, 2.05) is 0 Å². The molecule has 0 aromatic heterocycles. The Hall–Kier alpha value is -1.40. The van der Waals surface area contributed by atoms with Crippen LogP contribution in [0.4, 0.5) is 13.2 Å². The minimum absolute atomic E-state index is 0.0817. The summed E-state index contributed by atoms with van der Waals surface area (Å²) in [5.74, 6) is -0.616. The maximum atomic E-state index is 12.6. The number of alkyl halides is 3. The van der Waals surface area contributed by atoms with Gasteiger partial charge in [-0.15, -0.1) is 0 Å². The number of hydrogen-bond acceptors (Lipinski definition) is 3. The van der Waals surface area contributed by atoms with Crippen LogP contribution in [0.5, 0.6) is 0 Å². The Bertz CT molecular complexity index is 423. The second-order valence-corrected chi connectivity index (χ2v) is 3.69. The van der Waals surface area contributed by atoms with Gasteiger partial charge in [-0.25, -0.2) is 0 Å². The van der Waals surface area contributed by atoms with Crippen LogP contribution in [-0.2, 0) is 15.7 Å². The maximum absolute atomic E-state index is 12.6. The van der Waals surface area contributed by atoms with E-state index in [9.17, 15) is 18.0 Å². The van der Waals surface area contributed by atoms with Crippen LogP contribution in [0, 0.1) is 0 Å². The molecule has 0 aliphatic carbocycles. The van der Waals surface area contributed by atoms with Crippen LogP contribution in [0.15, 0.2) is 24.3 Å². The molecule has 0 saturated heterocycles. The van der Waals surface area contributed by atoms with Gasteiger partial charge in [-0.05, 0) is 26.0 Å². The number of Topliss-reactive ketones (excluding diaryl/α,β-unsaturated/α-hetero) is 1. The highest BCUT2D eigenvalue weighted by Gasteiger charge is 2.31. The summed E-state index contributed by atoms with van der Waals surface area (Å²) in [6.07, 6.45) is -5.65. The van der Waals surface area contributed by atoms with E-state index in [4.69, 9.17) is 9.47 Å². The Labute approximate surface area is 109 Å². The Morgan fingerprint density at radius 2 is 1.79 bits per heavy atom. The molecule has 0 unspecified atom stereocenters. The van der Waals surface area contributed by atoms with Crippen molar-refractivity contribution < 1.29 is 27.4 Å². The molecule has 0 aliphatic heterocycles. The molecule has 1 rings (SSSR count). The van der Waals surface area contributed by atoms with E-state index >= 15 is 0 Å². The fourth-order valence-electron chi connectivity index (χ4n) is 1.49. The lowest BCUT2D eigenvalue weighted by Gasteiger charge is -2.16. The highest BCUT2D eigenvalue weighted by molar-refractivity contribution is 5.98. The number of carbonyl (C=O) groups is 1. The van der Waals surface area contributed by atoms with Crippen molar-refractivity contribution in [2.75, 3.05) is 13.2 Å². The first kappa shape index (κ1) is 15.7. The number of rotatable bonds is 6. The second kappa shape index (κ2) is 6.68. The molecule has 0 aliphatic rings. The van der Waals surface area contributed by atoms with Gasteiger partial charge in [0.25, 0.3) is 0 Å². The third-order valence-corrected chi connectivity index (χ3v) is 2.32. The van der Waals surface area contributed by atoms with E-state index in [0.717, 1.165) is 12.1 Å². The zero-order valence-corrected chi connectivity index (χ0v) is 10.7. The zero-order chi connectivity index (χ0) is 14.5. The van der Waals surface area contributed by atoms with Crippen LogP contribution in [0.25, 0.3) is 0 Å². The predicted octanol–water partition coefficient (Wildman–Crippen LogP) is 3.29. The quantitative estimate of drug-likeness (QED) is 0.591. The number of benzene rings is 1. The molecule has 106 valence electrons. The van der Waals surface area contributed by atoms with Crippen molar-refractivity contribution in [2.45, 2.75) is 26.3 Å². The summed E-state index contributed by atoms with van der Waals surface area (Å²) in [7, 11) is 0. The van der Waals surface area contributed by atoms with Crippen molar-refractivity contribution in [3.63, 3.8) is 0 Å². The molecule has 3 nitrogen and oxygen atoms in total. The summed E-state index contributed by atoms with van der Waals surface area (Å²) < 4.78 is 47.8. The molecule has 0 N–H and O–H groups in total. The SMILES string of the molecule is CCOC(OCC)C(=O)c1cccc(C(F)(F)F)c1. The van der Waals surface area contributed by atoms with Gasteiger partial charge in [0.15, 0.2) is 0 Å². The maximum Gasteiger partial charge on any atom is 0.416 e. The Morgan fingerprint density at radius 1 is 1.21 bits per heavy atom. The minimum Gasteiger partial charge on any atom is -0.346 e. The minimum atomic E-state index is -4.48. The van der Waals surface area contributed by atoms with Gasteiger partial charge in [0, 0.05) is 18.8 Å². The van der Waals surface area contributed by atoms with Gasteiger partial charge in [-0.2, -0.15) is 13.2 Å². The lowest BCUT2D eigenvalue weighted by Crippen LogP contribution is -2.28. The zero-order valence-electron chi connectivity index (χ0n) is 10.7. The van der Waals surface area contributed by atoms with Crippen molar-refractivity contribution in [3.8, 4) is 0 Å². The number of carbonyl (C=O) groups excluding carboxylic acids is 1. The molecular weight excluding hydrogens is 261 g/mol. The first-order valence-corrected chi connectivity index (χ1v) is 5.84. The van der Waals surface area contributed by atoms with E-state index in [1.54, 1.807) is 13.8 Å². The van der Waals surface area contributed by atoms with Crippen LogP contribution in [0.1, 0.15) is 29.8 Å². The molecule has 0 radical (unpaired) electrons. The molecule has 19 heavy (non-hydrogen) atoms. The highest BCUT2D eigenvalue weighted by Crippen LogP contribution is 2.29. The van der Waals surface area contributed by atoms with Crippen molar-refractivity contribution in [3.05, 3.63) is 35.4 Å². The molecular formula is C13H15F3O3. The van der Waals surface area contributed by atoms with E-state index in [2.05, 4.69) is 0 Å². The van der Waals surface area contributed by atoms with E-state index in [-0.39, 0.29) is 18.8 Å². The van der Waals surface area contributed by atoms with Crippen molar-refractivity contribution in [2.24, 2.45) is 0 Å². The monoisotopic (exact) mass is 276 g/mol. The number of ketones is 1. The van der Waals surface area contributed by atoms with Gasteiger partial charge in [0.2, 0.25) is 12.1 Å². The summed E-state index contributed by atoms with van der Waals surface area (Å²) >= 11 is 0. The number of ether oxygens (including phenoxy) is 2. The van der Waals surface area contributed by atoms with Crippen molar-refractivity contribution in [1.29, 1.82) is 0 Å². The van der Waals surface area contributed by atoms with Gasteiger partial charge in [0.1, 0.15) is 0 Å². The normalized spacial score (nSPS) is 11.9. The average Bonchev–Trinajstić information content (AvgIpc) is 2.37. The predicted molar refractivity (Wildman–Crippen MR) is 62.8 cm³/mol. The molecule has 0 spiro atoms. The van der Waals surface area contributed by atoms with Crippen LogP contribution in [-0.4, -0.2) is 25.3 Å². The summed E-state index contributed by atoms with van der Waals surface area (Å²) in [5, 5.41) is 0. The van der Waals surface area contributed by atoms with E-state index < -0.39 is 23.8 Å². The molecule has 0 amide bonds. The average molecular weight is 276 g/mol. The van der Waals surface area contributed by atoms with Crippen molar-refractivity contribution >= 4 is 5.78 Å². The van der Waals surface area contributed by atoms with Crippen LogP contribution in [0.3, 0.4) is 0 Å². The molecule has 0 heterocycles. The number of halogens is 3. The summed E-state index contributed by atoms with van der Waals surface area (Å²) in [6.45, 7) is 3.81. The Morgan fingerprint density at radius 3 is 2.26 bits per heavy atom. The van der Waals surface area contributed by atoms with Gasteiger partial charge in [-0.3, -0.25) is 4.79 Å². The fraction of sp³-hybridized carbons (Fsp3) is 0.462. The van der Waals surface area contributed by atoms with Crippen LogP contribution >= 0.6 is 0 Å². The Kier molecular flexibility index (Phi) is 5.50. The third-order valence-electron chi connectivity index (χ3n) is 2.32. The van der Waals surface area contributed by atoms with Gasteiger partial charge < -0.3 is 9.47 Å². The summed E-state index contributed by atoms with van der Waals surface area (Å²) in [4.78, 5) is 12.0. The second-order valence-electron chi connectivity index (χ2n) is 3.69. The lowest BCUT2D eigenvalue weighted by molar-refractivity contribution is -0.137. The molecule has 0 atom stereocenters. The Balaban J connectivity index is 2.98. The smallest absolute Gasteiger partial charge is 0.346 e. The molecule has 0 bridgehead atoms.